The molecule has 2 aliphatic heterocycles. The molecule has 214 valence electrons. The molecule has 0 saturated heterocycles. The second-order valence-electron chi connectivity index (χ2n) is 13.6. The highest BCUT2D eigenvalue weighted by molar-refractivity contribution is 6.89. The number of pyridine rings is 2. The SMILES string of the molecule is C=CC1C(C2c3ccccc3-c3ccc(-c4cc(C)cc(C)c4)c[n+]32)c2ccccc2-c2cc(CC)c([Si](C)(C)C)c[n+]21. The molecule has 3 unspecified atom stereocenters. The first-order chi connectivity index (χ1) is 20.7. The number of nitrogens with zero attached hydrogens (tertiary/aromatic N) is 2. The largest absolute Gasteiger partial charge is 0.213 e. The van der Waals surface area contributed by atoms with Gasteiger partial charge in [0.15, 0.2) is 24.5 Å². The van der Waals surface area contributed by atoms with E-state index in [1.165, 1.54) is 61.5 Å². The molecule has 0 bridgehead atoms. The van der Waals surface area contributed by atoms with E-state index in [0.717, 1.165) is 6.42 Å². The minimum Gasteiger partial charge on any atom is -0.191 e. The van der Waals surface area contributed by atoms with Crippen LogP contribution in [0.2, 0.25) is 19.6 Å². The smallest absolute Gasteiger partial charge is 0.191 e. The van der Waals surface area contributed by atoms with Gasteiger partial charge in [-0.3, -0.25) is 0 Å². The van der Waals surface area contributed by atoms with E-state index >= 15 is 0 Å². The Bertz CT molecular complexity index is 1890. The van der Waals surface area contributed by atoms with Gasteiger partial charge in [0.25, 0.3) is 0 Å². The Labute approximate surface area is 258 Å². The van der Waals surface area contributed by atoms with Crippen molar-refractivity contribution in [3.63, 3.8) is 0 Å². The molecule has 4 heterocycles. The van der Waals surface area contributed by atoms with Crippen molar-refractivity contribution in [2.75, 3.05) is 0 Å². The minimum atomic E-state index is -1.58. The second kappa shape index (κ2) is 10.3. The van der Waals surface area contributed by atoms with E-state index < -0.39 is 8.07 Å². The van der Waals surface area contributed by atoms with Crippen molar-refractivity contribution < 1.29 is 9.13 Å². The van der Waals surface area contributed by atoms with Crippen LogP contribution in [0.5, 0.6) is 0 Å². The van der Waals surface area contributed by atoms with Crippen molar-refractivity contribution in [2.45, 2.75) is 64.8 Å². The van der Waals surface area contributed by atoms with Gasteiger partial charge in [-0.25, -0.2) is 0 Å². The van der Waals surface area contributed by atoms with Crippen molar-refractivity contribution >= 4 is 13.3 Å². The van der Waals surface area contributed by atoms with Gasteiger partial charge in [-0.05, 0) is 61.2 Å². The fourth-order valence-corrected chi connectivity index (χ4v) is 9.57. The number of hydrogen-bond donors (Lipinski definition) is 0. The number of benzene rings is 3. The number of aryl methyl sites for hydroxylation is 3. The Hall–Kier alpha value is -4.08. The Balaban J connectivity index is 1.49. The first-order valence-electron chi connectivity index (χ1n) is 15.7. The number of aromatic nitrogens is 2. The van der Waals surface area contributed by atoms with Crippen LogP contribution in [0.25, 0.3) is 33.6 Å². The highest BCUT2D eigenvalue weighted by Crippen LogP contribution is 2.49. The first-order valence-corrected chi connectivity index (χ1v) is 19.2. The van der Waals surface area contributed by atoms with Gasteiger partial charge in [-0.1, -0.05) is 98.9 Å². The van der Waals surface area contributed by atoms with Crippen LogP contribution in [0.1, 0.15) is 52.7 Å². The van der Waals surface area contributed by atoms with E-state index in [-0.39, 0.29) is 18.0 Å². The third-order valence-corrected chi connectivity index (χ3v) is 11.7. The van der Waals surface area contributed by atoms with Gasteiger partial charge < -0.3 is 0 Å². The van der Waals surface area contributed by atoms with Crippen LogP contribution in [0.3, 0.4) is 0 Å². The molecule has 2 aromatic heterocycles. The zero-order valence-corrected chi connectivity index (χ0v) is 27.4. The van der Waals surface area contributed by atoms with Crippen molar-refractivity contribution in [3.05, 3.63) is 138 Å². The predicted molar refractivity (Wildman–Crippen MR) is 182 cm³/mol. The lowest BCUT2D eigenvalue weighted by atomic mass is 9.76. The molecule has 0 radical (unpaired) electrons. The molecule has 7 rings (SSSR count). The van der Waals surface area contributed by atoms with Crippen molar-refractivity contribution in [2.24, 2.45) is 0 Å². The highest BCUT2D eigenvalue weighted by atomic mass is 28.3. The third kappa shape index (κ3) is 4.44. The number of rotatable bonds is 5. The molecule has 3 heteroatoms. The average Bonchev–Trinajstić information content (AvgIpc) is 3.32. The molecule has 0 aliphatic carbocycles. The molecule has 0 fully saturated rings. The van der Waals surface area contributed by atoms with Gasteiger partial charge in [-0.2, -0.15) is 9.13 Å². The summed E-state index contributed by atoms with van der Waals surface area (Å²) in [6.45, 7) is 18.6. The Morgan fingerprint density at radius 2 is 1.37 bits per heavy atom. The lowest BCUT2D eigenvalue weighted by molar-refractivity contribution is -0.738. The molecule has 0 spiro atoms. The number of hydrogen-bond acceptors (Lipinski definition) is 0. The van der Waals surface area contributed by atoms with Crippen LogP contribution in [0.4, 0.5) is 0 Å². The van der Waals surface area contributed by atoms with E-state index in [9.17, 15) is 0 Å². The Kier molecular flexibility index (Phi) is 6.63. The maximum atomic E-state index is 4.49. The van der Waals surface area contributed by atoms with Crippen LogP contribution in [0, 0.1) is 13.8 Å². The van der Waals surface area contributed by atoms with Crippen LogP contribution in [-0.2, 0) is 6.42 Å². The first kappa shape index (κ1) is 27.7. The fourth-order valence-electron chi connectivity index (χ4n) is 7.83. The topological polar surface area (TPSA) is 7.76 Å². The summed E-state index contributed by atoms with van der Waals surface area (Å²) in [6, 6.07) is 32.4. The Morgan fingerprint density at radius 1 is 0.721 bits per heavy atom. The summed E-state index contributed by atoms with van der Waals surface area (Å²) >= 11 is 0. The predicted octanol–water partition coefficient (Wildman–Crippen LogP) is 8.41. The zero-order valence-electron chi connectivity index (χ0n) is 26.4. The molecule has 2 nitrogen and oxygen atoms in total. The number of allylic oxidation sites excluding steroid dienone is 1. The standard InChI is InChI=1S/C40H42N2Si/c1-8-28-23-37-31-14-10-12-16-33(31)39(35(9-2)41(37)25-38(28)43(5,6)7)40-34-17-13-11-15-32(34)36-19-18-29(24-42(36)40)30-21-26(3)20-27(4)22-30/h9-25,35,39-40H,2,8H2,1,3-7H3/q+2. The van der Waals surface area contributed by atoms with E-state index in [0.29, 0.717) is 0 Å². The van der Waals surface area contributed by atoms with Gasteiger partial charge in [0.1, 0.15) is 5.92 Å². The monoisotopic (exact) mass is 578 g/mol. The highest BCUT2D eigenvalue weighted by Gasteiger charge is 2.52. The summed E-state index contributed by atoms with van der Waals surface area (Å²) in [6.07, 6.45) is 8.18. The molecule has 0 N–H and O–H groups in total. The second-order valence-corrected chi connectivity index (χ2v) is 18.6. The molecule has 3 atom stereocenters. The molecule has 2 aliphatic rings. The average molecular weight is 579 g/mol. The summed E-state index contributed by atoms with van der Waals surface area (Å²) in [5, 5.41) is 1.56. The molecule has 0 amide bonds. The summed E-state index contributed by atoms with van der Waals surface area (Å²) < 4.78 is 5.14. The van der Waals surface area contributed by atoms with E-state index in [1.807, 2.05) is 0 Å². The summed E-state index contributed by atoms with van der Waals surface area (Å²) in [4.78, 5) is 0. The van der Waals surface area contributed by atoms with Gasteiger partial charge >= 0.3 is 0 Å². The normalized spacial score (nSPS) is 18.4. The minimum absolute atomic E-state index is 0.118. The van der Waals surface area contributed by atoms with E-state index in [2.05, 4.69) is 160 Å². The van der Waals surface area contributed by atoms with Crippen LogP contribution in [0.15, 0.2) is 110 Å². The van der Waals surface area contributed by atoms with Gasteiger partial charge in [0.05, 0.1) is 19.2 Å². The summed E-state index contributed by atoms with van der Waals surface area (Å²) in [7, 11) is -1.58. The van der Waals surface area contributed by atoms with Gasteiger partial charge in [0, 0.05) is 28.4 Å². The maximum absolute atomic E-state index is 4.49. The van der Waals surface area contributed by atoms with Crippen molar-refractivity contribution in [1.82, 2.24) is 0 Å². The summed E-state index contributed by atoms with van der Waals surface area (Å²) in [5.41, 5.74) is 14.7. The van der Waals surface area contributed by atoms with Crippen LogP contribution in [-0.4, -0.2) is 8.07 Å². The molecule has 5 aromatic rings. The van der Waals surface area contributed by atoms with Gasteiger partial charge in [0.2, 0.25) is 11.4 Å². The third-order valence-electron chi connectivity index (χ3n) is 9.65. The molecule has 3 aromatic carbocycles. The van der Waals surface area contributed by atoms with Gasteiger partial charge in [-0.15, -0.1) is 0 Å². The lowest BCUT2D eigenvalue weighted by Crippen LogP contribution is -2.56. The van der Waals surface area contributed by atoms with Crippen molar-refractivity contribution in [1.29, 1.82) is 0 Å². The zero-order chi connectivity index (χ0) is 30.0. The van der Waals surface area contributed by atoms with E-state index in [1.54, 1.807) is 5.19 Å². The number of fused-ring (bicyclic) bond motifs is 6. The maximum Gasteiger partial charge on any atom is 0.213 e. The van der Waals surface area contributed by atoms with E-state index in [4.69, 9.17) is 0 Å². The van der Waals surface area contributed by atoms with Crippen LogP contribution >= 0.6 is 0 Å². The molecular weight excluding hydrogens is 537 g/mol. The van der Waals surface area contributed by atoms with Crippen molar-refractivity contribution in [3.8, 4) is 33.6 Å². The fraction of sp³-hybridized carbons (Fsp3) is 0.250. The van der Waals surface area contributed by atoms with Crippen LogP contribution < -0.4 is 14.3 Å². The molecular formula is C40H42N2Si+2. The lowest BCUT2D eigenvalue weighted by Gasteiger charge is -2.32. The molecule has 43 heavy (non-hydrogen) atoms. The Morgan fingerprint density at radius 3 is 2.02 bits per heavy atom. The molecule has 0 saturated carbocycles. The summed E-state index contributed by atoms with van der Waals surface area (Å²) in [5.74, 6) is 0.190. The quantitative estimate of drug-likeness (QED) is 0.112.